The number of carbonyl (C=O) groups is 3. The van der Waals surface area contributed by atoms with Crippen molar-refractivity contribution in [3.05, 3.63) is 107 Å². The van der Waals surface area contributed by atoms with E-state index in [0.29, 0.717) is 17.0 Å². The van der Waals surface area contributed by atoms with Crippen LogP contribution in [0, 0.1) is 0 Å². The number of benzene rings is 2. The molecule has 1 atom stereocenters. The molecule has 0 saturated carbocycles. The quantitative estimate of drug-likeness (QED) is 0.231. The highest BCUT2D eigenvalue weighted by Crippen LogP contribution is 2.45. The maximum atomic E-state index is 12.6. The van der Waals surface area contributed by atoms with E-state index in [1.807, 2.05) is 94.5 Å². The molecule has 2 amide bonds. The first-order chi connectivity index (χ1) is 17.5. The summed E-state index contributed by atoms with van der Waals surface area (Å²) in [5.74, 6) is -1.18. The van der Waals surface area contributed by atoms with Crippen LogP contribution in [-0.4, -0.2) is 29.3 Å². The fraction of sp³-hybridized carbons (Fsp3) is 0.300. The molecule has 0 spiro atoms. The Hall–Kier alpha value is -3.28. The summed E-state index contributed by atoms with van der Waals surface area (Å²) in [6.07, 6.45) is 10.9. The van der Waals surface area contributed by atoms with Gasteiger partial charge in [-0.3, -0.25) is 19.2 Å². The Morgan fingerprint density at radius 2 is 1.44 bits per heavy atom. The van der Waals surface area contributed by atoms with Crippen LogP contribution in [0.3, 0.4) is 0 Å². The molecule has 4 rings (SSSR count). The minimum absolute atomic E-state index is 0.110. The third kappa shape index (κ3) is 6.68. The van der Waals surface area contributed by atoms with Gasteiger partial charge in [0.25, 0.3) is 11.8 Å². The lowest BCUT2D eigenvalue weighted by molar-refractivity contribution is -0.183. The van der Waals surface area contributed by atoms with Gasteiger partial charge in [-0.25, -0.2) is 0 Å². The number of hydrogen-bond donors (Lipinski definition) is 0. The maximum Gasteiger partial charge on any atom is 0.254 e. The van der Waals surface area contributed by atoms with Crippen molar-refractivity contribution in [1.82, 2.24) is 5.06 Å². The zero-order valence-electron chi connectivity index (χ0n) is 21.4. The first-order valence-electron chi connectivity index (χ1n) is 12.4. The van der Waals surface area contributed by atoms with E-state index in [1.165, 1.54) is 0 Å². The highest BCUT2D eigenvalue weighted by atomic mass is 35.5. The van der Waals surface area contributed by atoms with Gasteiger partial charge in [0.15, 0.2) is 5.78 Å². The molecule has 5 nitrogen and oxygen atoms in total. The average molecular weight is 508 g/mol. The molecule has 2 aliphatic rings. The lowest BCUT2D eigenvalue weighted by atomic mass is 9.82. The summed E-state index contributed by atoms with van der Waals surface area (Å²) in [6, 6.07) is 16.9. The van der Waals surface area contributed by atoms with Gasteiger partial charge in [-0.15, -0.1) is 11.6 Å². The Morgan fingerprint density at radius 3 is 2.06 bits per heavy atom. The standard InChI is InChI=1S/C26H22ClNO4.2C2H6/c27-26(21-10-6-3-7-11-21,20-8-4-1-2-5-9-20)22-14-12-19(13-15-22)23(29)18-32-28-24(30)16-17-25(28)31;2*1-2/h1-8,10-15H,9,16-18H2;2*1-2H3. The van der Waals surface area contributed by atoms with Crippen molar-refractivity contribution in [3.8, 4) is 0 Å². The van der Waals surface area contributed by atoms with Gasteiger partial charge in [-0.2, -0.15) is 5.06 Å². The molecule has 1 fully saturated rings. The molecule has 0 bridgehead atoms. The van der Waals surface area contributed by atoms with Crippen molar-refractivity contribution in [1.29, 1.82) is 0 Å². The van der Waals surface area contributed by atoms with E-state index in [9.17, 15) is 14.4 Å². The highest BCUT2D eigenvalue weighted by Gasteiger charge is 2.35. The number of nitrogens with zero attached hydrogens (tertiary/aromatic N) is 1. The van der Waals surface area contributed by atoms with E-state index in [-0.39, 0.29) is 25.2 Å². The van der Waals surface area contributed by atoms with Crippen molar-refractivity contribution in [2.75, 3.05) is 6.61 Å². The molecule has 36 heavy (non-hydrogen) atoms. The molecule has 0 N–H and O–H groups in total. The normalized spacial score (nSPS) is 16.1. The van der Waals surface area contributed by atoms with Gasteiger partial charge in [0, 0.05) is 18.4 Å². The van der Waals surface area contributed by atoms with Gasteiger partial charge >= 0.3 is 0 Å². The van der Waals surface area contributed by atoms with Gasteiger partial charge < -0.3 is 0 Å². The molecule has 1 aliphatic heterocycles. The van der Waals surface area contributed by atoms with Gasteiger partial charge in [0.2, 0.25) is 0 Å². The molecule has 190 valence electrons. The van der Waals surface area contributed by atoms with Crippen LogP contribution < -0.4 is 0 Å². The Kier molecular flexibility index (Phi) is 11.5. The molecule has 0 aromatic heterocycles. The Bertz CT molecular complexity index is 1100. The monoisotopic (exact) mass is 507 g/mol. The van der Waals surface area contributed by atoms with Crippen molar-refractivity contribution in [2.45, 2.75) is 51.8 Å². The molecule has 6 heteroatoms. The molecule has 1 unspecified atom stereocenters. The smallest absolute Gasteiger partial charge is 0.254 e. The van der Waals surface area contributed by atoms with Crippen molar-refractivity contribution in [2.24, 2.45) is 0 Å². The molecule has 2 aromatic rings. The third-order valence-corrected chi connectivity index (χ3v) is 6.22. The number of hydroxylamine groups is 2. The number of ketones is 1. The summed E-state index contributed by atoms with van der Waals surface area (Å²) in [4.78, 5) is 40.1. The van der Waals surface area contributed by atoms with E-state index in [1.54, 1.807) is 12.1 Å². The van der Waals surface area contributed by atoms with E-state index >= 15 is 0 Å². The van der Waals surface area contributed by atoms with Crippen molar-refractivity contribution in [3.63, 3.8) is 0 Å². The van der Waals surface area contributed by atoms with Gasteiger partial charge in [-0.1, -0.05) is 113 Å². The van der Waals surface area contributed by atoms with Crippen LogP contribution in [0.4, 0.5) is 0 Å². The highest BCUT2D eigenvalue weighted by molar-refractivity contribution is 6.28. The van der Waals surface area contributed by atoms with Crippen LogP contribution in [-0.2, 0) is 19.3 Å². The maximum absolute atomic E-state index is 12.6. The summed E-state index contributed by atoms with van der Waals surface area (Å²) in [7, 11) is 0. The summed E-state index contributed by atoms with van der Waals surface area (Å²) in [6.45, 7) is 7.61. The molecular formula is C30H34ClNO4. The Labute approximate surface area is 219 Å². The molecule has 1 aliphatic carbocycles. The van der Waals surface area contributed by atoms with Crippen LogP contribution in [0.1, 0.15) is 68.4 Å². The van der Waals surface area contributed by atoms with E-state index < -0.39 is 16.7 Å². The first kappa shape index (κ1) is 29.0. The molecule has 0 radical (unpaired) electrons. The number of alkyl halides is 1. The summed E-state index contributed by atoms with van der Waals surface area (Å²) in [5.41, 5.74) is 3.20. The Morgan fingerprint density at radius 1 is 0.861 bits per heavy atom. The zero-order chi connectivity index (χ0) is 26.6. The number of halogens is 1. The molecule has 1 saturated heterocycles. The minimum atomic E-state index is -0.896. The number of carbonyl (C=O) groups excluding carboxylic acids is 3. The minimum Gasteiger partial charge on any atom is -0.291 e. The average Bonchev–Trinajstić information content (AvgIpc) is 3.11. The number of allylic oxidation sites excluding steroid dienone is 6. The van der Waals surface area contributed by atoms with Crippen LogP contribution in [0.15, 0.2) is 90.6 Å². The van der Waals surface area contributed by atoms with Crippen LogP contribution in [0.5, 0.6) is 0 Å². The molecule has 1 heterocycles. The van der Waals surface area contributed by atoms with Crippen molar-refractivity contribution < 1.29 is 19.2 Å². The van der Waals surface area contributed by atoms with Crippen LogP contribution in [0.25, 0.3) is 0 Å². The lowest BCUT2D eigenvalue weighted by Gasteiger charge is -2.31. The number of amides is 2. The number of Topliss-reactive ketones (excluding diaryl/α,β-unsaturated/α-hetero) is 1. The van der Waals surface area contributed by atoms with E-state index in [0.717, 1.165) is 16.7 Å². The second-order valence-corrected chi connectivity index (χ2v) is 8.16. The molecular weight excluding hydrogens is 474 g/mol. The van der Waals surface area contributed by atoms with E-state index in [4.69, 9.17) is 16.4 Å². The topological polar surface area (TPSA) is 63.7 Å². The van der Waals surface area contributed by atoms with Gasteiger partial charge in [-0.05, 0) is 23.1 Å². The third-order valence-electron chi connectivity index (χ3n) is 5.54. The SMILES string of the molecule is CC.CC.O=C(CON1C(=O)CCC1=O)c1ccc(C(Cl)(C2=CC=CC=CC2)c2ccccc2)cc1. The fourth-order valence-electron chi connectivity index (χ4n) is 3.83. The lowest BCUT2D eigenvalue weighted by Crippen LogP contribution is -2.31. The predicted octanol–water partition coefficient (Wildman–Crippen LogP) is 6.93. The zero-order valence-corrected chi connectivity index (χ0v) is 22.1. The molecule has 2 aromatic carbocycles. The first-order valence-corrected chi connectivity index (χ1v) is 12.8. The number of imide groups is 1. The summed E-state index contributed by atoms with van der Waals surface area (Å²) >= 11 is 7.33. The second-order valence-electron chi connectivity index (χ2n) is 7.59. The Balaban J connectivity index is 0.00000109. The predicted molar refractivity (Wildman–Crippen MR) is 145 cm³/mol. The van der Waals surface area contributed by atoms with Crippen LogP contribution in [0.2, 0.25) is 0 Å². The summed E-state index contributed by atoms with van der Waals surface area (Å²) < 4.78 is 0. The van der Waals surface area contributed by atoms with Crippen LogP contribution >= 0.6 is 11.6 Å². The second kappa shape index (κ2) is 14.3. The van der Waals surface area contributed by atoms with E-state index in [2.05, 4.69) is 6.08 Å². The summed E-state index contributed by atoms with van der Waals surface area (Å²) in [5, 5.41) is 0.686. The van der Waals surface area contributed by atoms with Gasteiger partial charge in [0.05, 0.1) is 0 Å². The largest absolute Gasteiger partial charge is 0.291 e. The number of rotatable bonds is 7. The fourth-order valence-corrected chi connectivity index (χ4v) is 4.22. The van der Waals surface area contributed by atoms with Gasteiger partial charge in [0.1, 0.15) is 11.5 Å². The van der Waals surface area contributed by atoms with Crippen molar-refractivity contribution >= 4 is 29.2 Å². The number of hydrogen-bond acceptors (Lipinski definition) is 4.